The Morgan fingerprint density at radius 3 is 2.52 bits per heavy atom. The Morgan fingerprint density at radius 2 is 1.88 bits per heavy atom. The number of ether oxygens (including phenoxy) is 2. The summed E-state index contributed by atoms with van der Waals surface area (Å²) in [6.07, 6.45) is 1.73. The fourth-order valence-corrected chi connectivity index (χ4v) is 2.97. The summed E-state index contributed by atoms with van der Waals surface area (Å²) in [6, 6.07) is 15.5. The Kier molecular flexibility index (Phi) is 4.40. The second-order valence-corrected chi connectivity index (χ2v) is 5.82. The number of hydrogen-bond acceptors (Lipinski definition) is 4. The van der Waals surface area contributed by atoms with Crippen molar-refractivity contribution >= 4 is 17.3 Å². The third kappa shape index (κ3) is 3.05. The van der Waals surface area contributed by atoms with E-state index in [1.54, 1.807) is 6.08 Å². The summed E-state index contributed by atoms with van der Waals surface area (Å²) in [5.74, 6) is 0.559. The van der Waals surface area contributed by atoms with Gasteiger partial charge >= 0.3 is 5.97 Å². The first-order valence-corrected chi connectivity index (χ1v) is 7.84. The molecule has 0 radical (unpaired) electrons. The van der Waals surface area contributed by atoms with Crippen molar-refractivity contribution in [1.29, 1.82) is 5.26 Å². The van der Waals surface area contributed by atoms with Gasteiger partial charge in [-0.2, -0.15) is 5.26 Å². The summed E-state index contributed by atoms with van der Waals surface area (Å²) >= 11 is 0. The van der Waals surface area contributed by atoms with E-state index in [0.29, 0.717) is 17.1 Å². The number of rotatable bonds is 2. The summed E-state index contributed by atoms with van der Waals surface area (Å²) in [5, 5.41) is 9.53. The summed E-state index contributed by atoms with van der Waals surface area (Å²) in [5.41, 5.74) is 4.07. The standard InChI is InChI=1S/C21H17NO3/c1-13-9-14(2)20-16(17(12-22)21(23)24-3)11-18(25-19(20)10-13)15-7-5-4-6-8-15/h4-11H,1-3H3/b17-16+. The number of benzene rings is 2. The summed E-state index contributed by atoms with van der Waals surface area (Å²) in [7, 11) is 1.27. The summed E-state index contributed by atoms with van der Waals surface area (Å²) < 4.78 is 10.9. The number of nitrogens with zero attached hydrogens (tertiary/aromatic N) is 1. The normalized spacial score (nSPS) is 14.6. The largest absolute Gasteiger partial charge is 0.465 e. The Bertz CT molecular complexity index is 947. The summed E-state index contributed by atoms with van der Waals surface area (Å²) in [6.45, 7) is 3.91. The van der Waals surface area contributed by atoms with Crippen molar-refractivity contribution in [3.8, 4) is 11.8 Å². The molecule has 4 heteroatoms. The number of carbonyl (C=O) groups is 1. The molecule has 0 aromatic heterocycles. The van der Waals surface area contributed by atoms with Gasteiger partial charge in [0.1, 0.15) is 23.2 Å². The number of esters is 1. The molecule has 0 atom stereocenters. The van der Waals surface area contributed by atoms with Crippen LogP contribution >= 0.6 is 0 Å². The Hall–Kier alpha value is -3.32. The van der Waals surface area contributed by atoms with Crippen LogP contribution in [0.25, 0.3) is 11.3 Å². The molecule has 0 spiro atoms. The van der Waals surface area contributed by atoms with E-state index in [4.69, 9.17) is 9.47 Å². The topological polar surface area (TPSA) is 59.3 Å². The van der Waals surface area contributed by atoms with Crippen LogP contribution in [0, 0.1) is 25.2 Å². The maximum absolute atomic E-state index is 12.1. The first-order chi connectivity index (χ1) is 12.0. The molecule has 2 aromatic carbocycles. The van der Waals surface area contributed by atoms with Gasteiger partial charge in [-0.1, -0.05) is 36.4 Å². The molecule has 1 aliphatic rings. The minimum Gasteiger partial charge on any atom is -0.465 e. The average Bonchev–Trinajstić information content (AvgIpc) is 2.62. The van der Waals surface area contributed by atoms with Crippen LogP contribution in [0.2, 0.25) is 0 Å². The number of nitriles is 1. The molecule has 0 amide bonds. The van der Waals surface area contributed by atoms with Gasteiger partial charge in [0, 0.05) is 16.7 Å². The molecule has 1 aliphatic heterocycles. The second kappa shape index (κ2) is 6.66. The van der Waals surface area contributed by atoms with Gasteiger partial charge in [-0.05, 0) is 37.1 Å². The van der Waals surface area contributed by atoms with E-state index >= 15 is 0 Å². The van der Waals surface area contributed by atoms with E-state index in [2.05, 4.69) is 0 Å². The molecule has 0 saturated heterocycles. The molecule has 124 valence electrons. The van der Waals surface area contributed by atoms with Gasteiger partial charge in [0.2, 0.25) is 0 Å². The zero-order chi connectivity index (χ0) is 18.0. The predicted octanol–water partition coefficient (Wildman–Crippen LogP) is 4.19. The quantitative estimate of drug-likeness (QED) is 0.470. The number of allylic oxidation sites excluding steroid dienone is 2. The molecular weight excluding hydrogens is 314 g/mol. The second-order valence-electron chi connectivity index (χ2n) is 5.82. The maximum Gasteiger partial charge on any atom is 0.349 e. The van der Waals surface area contributed by atoms with E-state index in [1.807, 2.05) is 62.4 Å². The van der Waals surface area contributed by atoms with Gasteiger partial charge in [0.25, 0.3) is 0 Å². The Labute approximate surface area is 146 Å². The van der Waals surface area contributed by atoms with Gasteiger partial charge in [0.05, 0.1) is 7.11 Å². The lowest BCUT2D eigenvalue weighted by Crippen LogP contribution is -2.11. The minimum atomic E-state index is -0.658. The van der Waals surface area contributed by atoms with Gasteiger partial charge in [-0.3, -0.25) is 0 Å². The molecule has 0 aliphatic carbocycles. The number of aryl methyl sites for hydroxylation is 2. The van der Waals surface area contributed by atoms with Crippen molar-refractivity contribution in [2.45, 2.75) is 13.8 Å². The molecule has 0 bridgehead atoms. The van der Waals surface area contributed by atoms with E-state index in [1.165, 1.54) is 7.11 Å². The molecule has 0 fully saturated rings. The highest BCUT2D eigenvalue weighted by Crippen LogP contribution is 2.41. The molecule has 3 rings (SSSR count). The van der Waals surface area contributed by atoms with Gasteiger partial charge in [-0.15, -0.1) is 0 Å². The molecule has 1 heterocycles. The van der Waals surface area contributed by atoms with E-state index in [9.17, 15) is 10.1 Å². The van der Waals surface area contributed by atoms with Crippen molar-refractivity contribution in [3.63, 3.8) is 0 Å². The average molecular weight is 331 g/mol. The molecule has 25 heavy (non-hydrogen) atoms. The van der Waals surface area contributed by atoms with Gasteiger partial charge < -0.3 is 9.47 Å². The van der Waals surface area contributed by atoms with Crippen molar-refractivity contribution in [2.24, 2.45) is 0 Å². The molecule has 0 saturated carbocycles. The number of carbonyl (C=O) groups excluding carboxylic acids is 1. The smallest absolute Gasteiger partial charge is 0.349 e. The highest BCUT2D eigenvalue weighted by atomic mass is 16.5. The monoisotopic (exact) mass is 331 g/mol. The zero-order valence-corrected chi connectivity index (χ0v) is 14.3. The Balaban J connectivity index is 2.31. The SMILES string of the molecule is COC(=O)/C(C#N)=C1\C=C(c2ccccc2)Oc2cc(C)cc(C)c21. The van der Waals surface area contributed by atoms with Crippen molar-refractivity contribution < 1.29 is 14.3 Å². The molecule has 4 nitrogen and oxygen atoms in total. The minimum absolute atomic E-state index is 0.0348. The summed E-state index contributed by atoms with van der Waals surface area (Å²) in [4.78, 5) is 12.1. The highest BCUT2D eigenvalue weighted by Gasteiger charge is 2.26. The van der Waals surface area contributed by atoms with E-state index in [-0.39, 0.29) is 5.57 Å². The van der Waals surface area contributed by atoms with E-state index < -0.39 is 5.97 Å². The van der Waals surface area contributed by atoms with Gasteiger partial charge in [0.15, 0.2) is 0 Å². The van der Waals surface area contributed by atoms with Crippen molar-refractivity contribution in [2.75, 3.05) is 7.11 Å². The van der Waals surface area contributed by atoms with Crippen LogP contribution in [-0.4, -0.2) is 13.1 Å². The zero-order valence-electron chi connectivity index (χ0n) is 14.3. The lowest BCUT2D eigenvalue weighted by molar-refractivity contribution is -0.135. The highest BCUT2D eigenvalue weighted by molar-refractivity contribution is 6.07. The van der Waals surface area contributed by atoms with E-state index in [0.717, 1.165) is 22.3 Å². The lowest BCUT2D eigenvalue weighted by Gasteiger charge is -2.23. The van der Waals surface area contributed by atoms with Crippen LogP contribution in [0.5, 0.6) is 5.75 Å². The number of fused-ring (bicyclic) bond motifs is 1. The molecule has 0 N–H and O–H groups in total. The van der Waals surface area contributed by atoms with Gasteiger partial charge in [-0.25, -0.2) is 4.79 Å². The van der Waals surface area contributed by atoms with Crippen LogP contribution in [0.3, 0.4) is 0 Å². The lowest BCUT2D eigenvalue weighted by atomic mass is 9.91. The maximum atomic E-state index is 12.1. The fraction of sp³-hybridized carbons (Fsp3) is 0.143. The van der Waals surface area contributed by atoms with Crippen LogP contribution in [-0.2, 0) is 9.53 Å². The molecule has 2 aromatic rings. The van der Waals surface area contributed by atoms with Crippen molar-refractivity contribution in [3.05, 3.63) is 76.4 Å². The van der Waals surface area contributed by atoms with Crippen LogP contribution in [0.4, 0.5) is 0 Å². The van der Waals surface area contributed by atoms with Crippen LogP contribution in [0.15, 0.2) is 54.1 Å². The Morgan fingerprint density at radius 1 is 1.16 bits per heavy atom. The fourth-order valence-electron chi connectivity index (χ4n) is 2.97. The third-order valence-electron chi connectivity index (χ3n) is 4.04. The predicted molar refractivity (Wildman–Crippen MR) is 95.5 cm³/mol. The first-order valence-electron chi connectivity index (χ1n) is 7.84. The molecular formula is C21H17NO3. The molecule has 0 unspecified atom stereocenters. The van der Waals surface area contributed by atoms with Crippen LogP contribution in [0.1, 0.15) is 22.3 Å². The third-order valence-corrected chi connectivity index (χ3v) is 4.04. The number of hydrogen-bond donors (Lipinski definition) is 0. The number of methoxy groups -OCH3 is 1. The van der Waals surface area contributed by atoms with Crippen molar-refractivity contribution in [1.82, 2.24) is 0 Å². The van der Waals surface area contributed by atoms with Crippen LogP contribution < -0.4 is 4.74 Å². The first kappa shape index (κ1) is 16.5.